The highest BCUT2D eigenvalue weighted by molar-refractivity contribution is 5.62. The molecular formula is C17H23N3. The molecule has 20 heavy (non-hydrogen) atoms. The lowest BCUT2D eigenvalue weighted by Gasteiger charge is -2.06. The predicted octanol–water partition coefficient (Wildman–Crippen LogP) is 3.59. The van der Waals surface area contributed by atoms with E-state index < -0.39 is 0 Å². The van der Waals surface area contributed by atoms with Gasteiger partial charge in [0.15, 0.2) is 0 Å². The zero-order valence-corrected chi connectivity index (χ0v) is 12.5. The summed E-state index contributed by atoms with van der Waals surface area (Å²) in [4.78, 5) is 8.31. The van der Waals surface area contributed by atoms with E-state index in [1.165, 1.54) is 23.2 Å². The summed E-state index contributed by atoms with van der Waals surface area (Å²) in [6.45, 7) is 8.70. The van der Waals surface area contributed by atoms with Crippen LogP contribution in [-0.2, 0) is 0 Å². The Morgan fingerprint density at radius 2 is 1.95 bits per heavy atom. The normalized spacial score (nSPS) is 18.9. The Morgan fingerprint density at radius 1 is 1.20 bits per heavy atom. The highest BCUT2D eigenvalue weighted by Gasteiger charge is 2.21. The molecule has 1 atom stereocenters. The van der Waals surface area contributed by atoms with E-state index in [9.17, 15) is 0 Å². The number of benzene rings is 1. The Balaban J connectivity index is 1.89. The number of nitrogens with one attached hydrogen (secondary N) is 2. The van der Waals surface area contributed by atoms with E-state index in [1.807, 2.05) is 0 Å². The smallest absolute Gasteiger partial charge is 0.111 e. The fraction of sp³-hybridized carbons (Fsp3) is 0.471. The Bertz CT molecular complexity index is 575. The van der Waals surface area contributed by atoms with Crippen molar-refractivity contribution in [2.45, 2.75) is 39.0 Å². The van der Waals surface area contributed by atoms with Crippen LogP contribution in [0.3, 0.4) is 0 Å². The van der Waals surface area contributed by atoms with E-state index >= 15 is 0 Å². The SMILES string of the molecule is Cc1[nH]c(C2CCNC2)nc1-c1ccc(C(C)C)cc1. The average molecular weight is 269 g/mol. The topological polar surface area (TPSA) is 40.7 Å². The first-order chi connectivity index (χ1) is 9.65. The van der Waals surface area contributed by atoms with Gasteiger partial charge in [-0.3, -0.25) is 0 Å². The van der Waals surface area contributed by atoms with E-state index in [2.05, 4.69) is 55.3 Å². The van der Waals surface area contributed by atoms with Crippen LogP contribution in [0.4, 0.5) is 0 Å². The van der Waals surface area contributed by atoms with Gasteiger partial charge in [0.05, 0.1) is 5.69 Å². The molecule has 1 aromatic heterocycles. The number of aromatic nitrogens is 2. The van der Waals surface area contributed by atoms with Gasteiger partial charge >= 0.3 is 0 Å². The van der Waals surface area contributed by atoms with Crippen molar-refractivity contribution in [3.05, 3.63) is 41.3 Å². The summed E-state index contributed by atoms with van der Waals surface area (Å²) in [6, 6.07) is 8.81. The summed E-state index contributed by atoms with van der Waals surface area (Å²) in [5, 5.41) is 3.40. The van der Waals surface area contributed by atoms with Gasteiger partial charge in [-0.1, -0.05) is 38.1 Å². The van der Waals surface area contributed by atoms with Crippen LogP contribution in [0, 0.1) is 6.92 Å². The second-order valence-corrected chi connectivity index (χ2v) is 6.06. The van der Waals surface area contributed by atoms with Gasteiger partial charge < -0.3 is 10.3 Å². The zero-order valence-electron chi connectivity index (χ0n) is 12.5. The maximum absolute atomic E-state index is 4.84. The summed E-state index contributed by atoms with van der Waals surface area (Å²) in [5.41, 5.74) is 4.86. The van der Waals surface area contributed by atoms with Gasteiger partial charge in [-0.25, -0.2) is 4.98 Å². The first kappa shape index (κ1) is 13.4. The summed E-state index contributed by atoms with van der Waals surface area (Å²) >= 11 is 0. The van der Waals surface area contributed by atoms with Crippen LogP contribution in [0.25, 0.3) is 11.3 Å². The van der Waals surface area contributed by atoms with Gasteiger partial charge in [0.2, 0.25) is 0 Å². The van der Waals surface area contributed by atoms with Gasteiger partial charge in [0.25, 0.3) is 0 Å². The Hall–Kier alpha value is -1.61. The minimum Gasteiger partial charge on any atom is -0.345 e. The Labute approximate surface area is 120 Å². The fourth-order valence-corrected chi connectivity index (χ4v) is 2.87. The van der Waals surface area contributed by atoms with Crippen molar-refractivity contribution in [2.24, 2.45) is 0 Å². The largest absolute Gasteiger partial charge is 0.345 e. The molecule has 2 heterocycles. The van der Waals surface area contributed by atoms with Crippen molar-refractivity contribution < 1.29 is 0 Å². The van der Waals surface area contributed by atoms with Gasteiger partial charge in [-0.05, 0) is 31.4 Å². The summed E-state index contributed by atoms with van der Waals surface area (Å²) in [7, 11) is 0. The first-order valence-electron chi connectivity index (χ1n) is 7.52. The van der Waals surface area contributed by atoms with E-state index in [0.29, 0.717) is 11.8 Å². The molecule has 1 aromatic carbocycles. The molecule has 1 fully saturated rings. The molecule has 3 rings (SSSR count). The second-order valence-electron chi connectivity index (χ2n) is 6.06. The third-order valence-corrected chi connectivity index (χ3v) is 4.20. The molecule has 0 amide bonds. The number of aromatic amines is 1. The first-order valence-corrected chi connectivity index (χ1v) is 7.52. The van der Waals surface area contributed by atoms with Crippen LogP contribution in [-0.4, -0.2) is 23.1 Å². The lowest BCUT2D eigenvalue weighted by atomic mass is 10.0. The van der Waals surface area contributed by atoms with Crippen molar-refractivity contribution in [1.82, 2.24) is 15.3 Å². The van der Waals surface area contributed by atoms with Gasteiger partial charge in [-0.2, -0.15) is 0 Å². The molecule has 3 heteroatoms. The molecular weight excluding hydrogens is 246 g/mol. The van der Waals surface area contributed by atoms with E-state index in [1.54, 1.807) is 0 Å². The number of H-pyrrole nitrogens is 1. The van der Waals surface area contributed by atoms with Crippen LogP contribution >= 0.6 is 0 Å². The van der Waals surface area contributed by atoms with E-state index in [4.69, 9.17) is 4.98 Å². The number of rotatable bonds is 3. The number of aryl methyl sites for hydroxylation is 1. The minimum atomic E-state index is 0.539. The summed E-state index contributed by atoms with van der Waals surface area (Å²) in [6.07, 6.45) is 1.18. The highest BCUT2D eigenvalue weighted by Crippen LogP contribution is 2.27. The quantitative estimate of drug-likeness (QED) is 0.894. The molecule has 0 radical (unpaired) electrons. The van der Waals surface area contributed by atoms with Crippen LogP contribution in [0.2, 0.25) is 0 Å². The van der Waals surface area contributed by atoms with Crippen LogP contribution < -0.4 is 5.32 Å². The predicted molar refractivity (Wildman–Crippen MR) is 83.1 cm³/mol. The van der Waals surface area contributed by atoms with Crippen LogP contribution in [0.15, 0.2) is 24.3 Å². The number of nitrogens with zero attached hydrogens (tertiary/aromatic N) is 1. The highest BCUT2D eigenvalue weighted by atomic mass is 15.0. The monoisotopic (exact) mass is 269 g/mol. The summed E-state index contributed by atoms with van der Waals surface area (Å²) in [5.74, 6) is 2.25. The Morgan fingerprint density at radius 3 is 2.55 bits per heavy atom. The molecule has 1 aliphatic rings. The lowest BCUT2D eigenvalue weighted by molar-refractivity contribution is 0.713. The van der Waals surface area contributed by atoms with Crippen molar-refractivity contribution in [3.63, 3.8) is 0 Å². The summed E-state index contributed by atoms with van der Waals surface area (Å²) < 4.78 is 0. The molecule has 1 aliphatic heterocycles. The molecule has 1 unspecified atom stereocenters. The van der Waals surface area contributed by atoms with Gasteiger partial charge in [-0.15, -0.1) is 0 Å². The molecule has 2 aromatic rings. The van der Waals surface area contributed by atoms with E-state index in [0.717, 1.165) is 24.6 Å². The average Bonchev–Trinajstić information content (AvgIpc) is 3.08. The molecule has 0 saturated carbocycles. The van der Waals surface area contributed by atoms with E-state index in [-0.39, 0.29) is 0 Å². The number of imidazole rings is 1. The third-order valence-electron chi connectivity index (χ3n) is 4.20. The number of hydrogen-bond donors (Lipinski definition) is 2. The second kappa shape index (κ2) is 5.41. The maximum atomic E-state index is 4.84. The fourth-order valence-electron chi connectivity index (χ4n) is 2.87. The molecule has 2 N–H and O–H groups in total. The minimum absolute atomic E-state index is 0.539. The van der Waals surface area contributed by atoms with Gasteiger partial charge in [0, 0.05) is 23.7 Å². The molecule has 1 saturated heterocycles. The van der Waals surface area contributed by atoms with Crippen molar-refractivity contribution in [2.75, 3.05) is 13.1 Å². The van der Waals surface area contributed by atoms with Crippen molar-refractivity contribution in [3.8, 4) is 11.3 Å². The van der Waals surface area contributed by atoms with Crippen LogP contribution in [0.5, 0.6) is 0 Å². The molecule has 0 aliphatic carbocycles. The third kappa shape index (κ3) is 2.50. The maximum Gasteiger partial charge on any atom is 0.111 e. The van der Waals surface area contributed by atoms with Crippen molar-refractivity contribution >= 4 is 0 Å². The number of hydrogen-bond acceptors (Lipinski definition) is 2. The lowest BCUT2D eigenvalue weighted by Crippen LogP contribution is -2.08. The molecule has 106 valence electrons. The van der Waals surface area contributed by atoms with Crippen LogP contribution in [0.1, 0.15) is 49.2 Å². The Kier molecular flexibility index (Phi) is 3.62. The molecule has 3 nitrogen and oxygen atoms in total. The zero-order chi connectivity index (χ0) is 14.1. The molecule has 0 spiro atoms. The van der Waals surface area contributed by atoms with Crippen molar-refractivity contribution in [1.29, 1.82) is 0 Å². The molecule has 0 bridgehead atoms. The van der Waals surface area contributed by atoms with Gasteiger partial charge in [0.1, 0.15) is 5.82 Å². The standard InChI is InChI=1S/C17H23N3/c1-11(2)13-4-6-14(7-5-13)16-12(3)19-17(20-16)15-8-9-18-10-15/h4-7,11,15,18H,8-10H2,1-3H3,(H,19,20).